The van der Waals surface area contributed by atoms with Gasteiger partial charge in [-0.1, -0.05) is 36.2 Å². The van der Waals surface area contributed by atoms with Crippen molar-refractivity contribution in [2.75, 3.05) is 18.9 Å². The van der Waals surface area contributed by atoms with E-state index >= 15 is 0 Å². The third kappa shape index (κ3) is 4.12. The molecule has 0 spiro atoms. The highest BCUT2D eigenvalue weighted by atomic mass is 35.5. The maximum Gasteiger partial charge on any atom is 0.238 e. The summed E-state index contributed by atoms with van der Waals surface area (Å²) in [5.41, 5.74) is 0.447. The molecule has 1 aromatic heterocycles. The molecule has 6 heteroatoms. The molecule has 0 unspecified atom stereocenters. The van der Waals surface area contributed by atoms with E-state index < -0.39 is 0 Å². The smallest absolute Gasteiger partial charge is 0.238 e. The van der Waals surface area contributed by atoms with Crippen molar-refractivity contribution in [1.82, 2.24) is 4.90 Å². The van der Waals surface area contributed by atoms with Crippen LogP contribution in [0.5, 0.6) is 0 Å². The molecule has 2 aromatic rings. The van der Waals surface area contributed by atoms with E-state index in [-0.39, 0.29) is 12.5 Å². The molecule has 1 aliphatic rings. The standard InChI is InChI=1S/C18H20Cl2N2O2/c1-11-8-13(11)16-7-6-12(24-16)9-22(2)10-17(23)21-18-14(19)4-3-5-15(18)20/h3-7,11,13H,8-10H2,1-2H3,(H,21,23)/t11-,13-/m1/s1. The molecule has 1 fully saturated rings. The Labute approximate surface area is 151 Å². The minimum Gasteiger partial charge on any atom is -0.464 e. The number of amides is 1. The van der Waals surface area contributed by atoms with Gasteiger partial charge in [0.05, 0.1) is 28.8 Å². The predicted octanol–water partition coefficient (Wildman–Crippen LogP) is 4.78. The SMILES string of the molecule is C[C@@H]1C[C@H]1c1ccc(CN(C)CC(=O)Nc2c(Cl)cccc2Cl)o1. The van der Waals surface area contributed by atoms with Crippen molar-refractivity contribution in [2.24, 2.45) is 5.92 Å². The molecule has 1 saturated carbocycles. The average molecular weight is 367 g/mol. The Balaban J connectivity index is 1.53. The largest absolute Gasteiger partial charge is 0.464 e. The molecule has 2 atom stereocenters. The Morgan fingerprint density at radius 1 is 1.29 bits per heavy atom. The van der Waals surface area contributed by atoms with Crippen LogP contribution in [0.3, 0.4) is 0 Å². The summed E-state index contributed by atoms with van der Waals surface area (Å²) in [6.07, 6.45) is 1.20. The van der Waals surface area contributed by atoms with Crippen LogP contribution in [0.1, 0.15) is 30.8 Å². The Morgan fingerprint density at radius 3 is 2.58 bits per heavy atom. The van der Waals surface area contributed by atoms with Gasteiger partial charge in [0.25, 0.3) is 0 Å². The number of hydrogen-bond donors (Lipinski definition) is 1. The van der Waals surface area contributed by atoms with Crippen LogP contribution in [0.15, 0.2) is 34.7 Å². The first kappa shape index (κ1) is 17.3. The number of carbonyl (C=O) groups is 1. The second-order valence-corrected chi connectivity index (χ2v) is 7.26. The Kier molecular flexibility index (Phi) is 5.18. The first-order chi connectivity index (χ1) is 11.4. The molecule has 1 heterocycles. The lowest BCUT2D eigenvalue weighted by molar-refractivity contribution is -0.117. The van der Waals surface area contributed by atoms with Crippen molar-refractivity contribution in [1.29, 1.82) is 0 Å². The minimum atomic E-state index is -0.171. The number of hydrogen-bond acceptors (Lipinski definition) is 3. The Hall–Kier alpha value is -1.49. The summed E-state index contributed by atoms with van der Waals surface area (Å²) in [5.74, 6) is 3.03. The zero-order valence-electron chi connectivity index (χ0n) is 13.7. The van der Waals surface area contributed by atoms with Crippen molar-refractivity contribution in [3.63, 3.8) is 0 Å². The fourth-order valence-corrected chi connectivity index (χ4v) is 3.25. The van der Waals surface area contributed by atoms with Gasteiger partial charge in [0.15, 0.2) is 0 Å². The number of nitrogens with zero attached hydrogens (tertiary/aromatic N) is 1. The number of para-hydroxylation sites is 1. The number of likely N-dealkylation sites (N-methyl/N-ethyl adjacent to an activating group) is 1. The number of halogens is 2. The molecular weight excluding hydrogens is 347 g/mol. The summed E-state index contributed by atoms with van der Waals surface area (Å²) in [7, 11) is 1.87. The van der Waals surface area contributed by atoms with Crippen molar-refractivity contribution in [3.05, 3.63) is 51.9 Å². The molecule has 1 amide bonds. The molecule has 128 valence electrons. The molecule has 0 radical (unpaired) electrons. The Bertz CT molecular complexity index is 724. The third-order valence-corrected chi connectivity index (χ3v) is 4.85. The summed E-state index contributed by atoms with van der Waals surface area (Å²) >= 11 is 12.1. The van der Waals surface area contributed by atoms with Crippen LogP contribution in [0.2, 0.25) is 10.0 Å². The number of anilines is 1. The van der Waals surface area contributed by atoms with Gasteiger partial charge in [-0.05, 0) is 43.7 Å². The zero-order valence-corrected chi connectivity index (χ0v) is 15.2. The first-order valence-corrected chi connectivity index (χ1v) is 8.70. The van der Waals surface area contributed by atoms with Crippen molar-refractivity contribution in [3.8, 4) is 0 Å². The van der Waals surface area contributed by atoms with Gasteiger partial charge < -0.3 is 9.73 Å². The van der Waals surface area contributed by atoms with E-state index in [0.29, 0.717) is 34.1 Å². The van der Waals surface area contributed by atoms with Crippen molar-refractivity contribution >= 4 is 34.8 Å². The molecule has 1 N–H and O–H groups in total. The minimum absolute atomic E-state index is 0.171. The first-order valence-electron chi connectivity index (χ1n) is 7.95. The number of furan rings is 1. The quantitative estimate of drug-likeness (QED) is 0.799. The van der Waals surface area contributed by atoms with Gasteiger partial charge in [-0.15, -0.1) is 0 Å². The number of rotatable bonds is 6. The molecule has 0 saturated heterocycles. The van der Waals surface area contributed by atoms with E-state index in [1.807, 2.05) is 24.1 Å². The van der Waals surface area contributed by atoms with E-state index in [2.05, 4.69) is 12.2 Å². The van der Waals surface area contributed by atoms with Crippen LogP contribution < -0.4 is 5.32 Å². The summed E-state index contributed by atoms with van der Waals surface area (Å²) in [6.45, 7) is 3.02. The monoisotopic (exact) mass is 366 g/mol. The molecule has 1 aliphatic carbocycles. The fourth-order valence-electron chi connectivity index (χ4n) is 2.76. The number of carbonyl (C=O) groups excluding carboxylic acids is 1. The molecule has 0 bridgehead atoms. The lowest BCUT2D eigenvalue weighted by atomic mass is 10.3. The second kappa shape index (κ2) is 7.18. The molecule has 0 aliphatic heterocycles. The van der Waals surface area contributed by atoms with E-state index in [1.54, 1.807) is 18.2 Å². The van der Waals surface area contributed by atoms with E-state index in [4.69, 9.17) is 27.6 Å². The lowest BCUT2D eigenvalue weighted by Crippen LogP contribution is -2.29. The summed E-state index contributed by atoms with van der Waals surface area (Å²) in [4.78, 5) is 14.1. The van der Waals surface area contributed by atoms with Gasteiger partial charge in [-0.25, -0.2) is 0 Å². The summed E-state index contributed by atoms with van der Waals surface area (Å²) in [6, 6.07) is 9.15. The zero-order chi connectivity index (χ0) is 17.3. The molecule has 3 rings (SSSR count). The van der Waals surface area contributed by atoms with Crippen LogP contribution in [0.25, 0.3) is 0 Å². The van der Waals surface area contributed by atoms with Crippen molar-refractivity contribution in [2.45, 2.75) is 25.8 Å². The normalized spacial score (nSPS) is 19.5. The van der Waals surface area contributed by atoms with Gasteiger partial charge in [0, 0.05) is 5.92 Å². The van der Waals surface area contributed by atoms with Crippen LogP contribution in [0.4, 0.5) is 5.69 Å². The molecule has 24 heavy (non-hydrogen) atoms. The molecular formula is C18H20Cl2N2O2. The van der Waals surface area contributed by atoms with Crippen LogP contribution in [-0.4, -0.2) is 24.4 Å². The molecule has 1 aromatic carbocycles. The number of benzene rings is 1. The highest BCUT2D eigenvalue weighted by Gasteiger charge is 2.36. The van der Waals surface area contributed by atoms with Crippen LogP contribution in [-0.2, 0) is 11.3 Å². The van der Waals surface area contributed by atoms with E-state index in [0.717, 1.165) is 11.5 Å². The fraction of sp³-hybridized carbons (Fsp3) is 0.389. The van der Waals surface area contributed by atoms with E-state index in [1.165, 1.54) is 6.42 Å². The van der Waals surface area contributed by atoms with E-state index in [9.17, 15) is 4.79 Å². The summed E-state index contributed by atoms with van der Waals surface area (Å²) in [5, 5.41) is 3.61. The highest BCUT2D eigenvalue weighted by molar-refractivity contribution is 6.39. The Morgan fingerprint density at radius 2 is 1.96 bits per heavy atom. The van der Waals surface area contributed by atoms with Gasteiger partial charge in [0.2, 0.25) is 5.91 Å². The van der Waals surface area contributed by atoms with Crippen LogP contribution in [0, 0.1) is 5.92 Å². The third-order valence-electron chi connectivity index (χ3n) is 4.22. The second-order valence-electron chi connectivity index (χ2n) is 6.44. The summed E-state index contributed by atoms with van der Waals surface area (Å²) < 4.78 is 5.87. The maximum absolute atomic E-state index is 12.2. The van der Waals surface area contributed by atoms with Gasteiger partial charge in [-0.3, -0.25) is 9.69 Å². The lowest BCUT2D eigenvalue weighted by Gasteiger charge is -2.16. The average Bonchev–Trinajstić information content (AvgIpc) is 3.05. The van der Waals surface area contributed by atoms with Gasteiger partial charge >= 0.3 is 0 Å². The van der Waals surface area contributed by atoms with Gasteiger partial charge in [0.1, 0.15) is 11.5 Å². The molecule has 4 nitrogen and oxygen atoms in total. The number of nitrogens with one attached hydrogen (secondary N) is 1. The van der Waals surface area contributed by atoms with Gasteiger partial charge in [-0.2, -0.15) is 0 Å². The predicted molar refractivity (Wildman–Crippen MR) is 96.7 cm³/mol. The maximum atomic E-state index is 12.2. The van der Waals surface area contributed by atoms with Crippen molar-refractivity contribution < 1.29 is 9.21 Å². The highest BCUT2D eigenvalue weighted by Crippen LogP contribution is 2.47. The topological polar surface area (TPSA) is 45.5 Å². The van der Waals surface area contributed by atoms with Crippen LogP contribution >= 0.6 is 23.2 Å².